The fourth-order valence-electron chi connectivity index (χ4n) is 12.6. The van der Waals surface area contributed by atoms with Gasteiger partial charge in [0, 0.05) is 38.5 Å². The van der Waals surface area contributed by atoms with Crippen LogP contribution in [-0.4, -0.2) is 115 Å². The van der Waals surface area contributed by atoms with Crippen molar-refractivity contribution in [2.24, 2.45) is 0 Å². The van der Waals surface area contributed by atoms with Gasteiger partial charge >= 0.3 is 35.8 Å². The van der Waals surface area contributed by atoms with Gasteiger partial charge in [-0.2, -0.15) is 0 Å². The van der Waals surface area contributed by atoms with Crippen molar-refractivity contribution in [2.45, 2.75) is 199 Å². The molecule has 0 atom stereocenters. The topological polar surface area (TPSA) is 213 Å². The van der Waals surface area contributed by atoms with Crippen molar-refractivity contribution in [3.63, 3.8) is 0 Å². The average molecular weight is 1410 g/mol. The molecule has 0 N–H and O–H groups in total. The Balaban J connectivity index is 1.74. The van der Waals surface area contributed by atoms with Crippen molar-refractivity contribution in [3.05, 3.63) is 173 Å². The van der Waals surface area contributed by atoms with Crippen LogP contribution in [0.3, 0.4) is 0 Å². The Labute approximate surface area is 604 Å². The number of esters is 6. The maximum Gasteiger partial charge on any atom is 0.344 e. The Morgan fingerprint density at radius 3 is 0.422 bits per heavy atom. The monoisotopic (exact) mass is 1400 g/mol. The molecule has 6 aromatic carbocycles. The minimum atomic E-state index is -0.576. The summed E-state index contributed by atoms with van der Waals surface area (Å²) in [6.45, 7) is 33.9. The van der Waals surface area contributed by atoms with Gasteiger partial charge < -0.3 is 56.8 Å². The zero-order chi connectivity index (χ0) is 74.5. The lowest BCUT2D eigenvalue weighted by atomic mass is 9.85. The highest BCUT2D eigenvalue weighted by molar-refractivity contribution is 5.75. The van der Waals surface area contributed by atoms with E-state index in [2.05, 4.69) is 156 Å². The predicted octanol–water partition coefficient (Wildman–Crippen LogP) is 15.9. The molecule has 1 aliphatic rings. The van der Waals surface area contributed by atoms with Crippen LogP contribution in [-0.2, 0) is 95.7 Å². The first-order chi connectivity index (χ1) is 48.7. The second-order valence-electron chi connectivity index (χ2n) is 27.6. The fourth-order valence-corrected chi connectivity index (χ4v) is 12.6. The van der Waals surface area contributed by atoms with Crippen LogP contribution in [0.15, 0.2) is 72.8 Å². The Bertz CT molecular complexity index is 3120. The molecule has 18 nitrogen and oxygen atoms in total. The molecular formula is C84H108O18. The molecule has 12 bridgehead atoms. The summed E-state index contributed by atoms with van der Waals surface area (Å²) in [7, 11) is 0. The van der Waals surface area contributed by atoms with Crippen LogP contribution in [0.1, 0.15) is 260 Å². The second-order valence-corrected chi connectivity index (χ2v) is 27.6. The number of hydrogen-bond acceptors (Lipinski definition) is 18. The quantitative estimate of drug-likeness (QED) is 0.0302. The smallest absolute Gasteiger partial charge is 0.344 e. The lowest BCUT2D eigenvalue weighted by Gasteiger charge is -2.25. The summed E-state index contributed by atoms with van der Waals surface area (Å²) in [6, 6.07) is 25.1. The SMILES string of the molecule is CCOC(=O)COc1c2cc(C(C)C)cc1Cc1cc(C(C)C)cc(c1OCC(=O)OCC)Cc1cc(C(C)C)cc(c1OCC(=O)OCC)Cc1cc(C(C)C)cc(c1OCC(=O)OCC)Cc1cc(C(C)C)cc(c1OCC(=O)OCC)Cc1cc(C(C)C)cc(c1OCC(=O)OCC)C2. The molecule has 6 aromatic rings. The predicted molar refractivity (Wildman–Crippen MR) is 393 cm³/mol. The molecule has 0 unspecified atom stereocenters. The van der Waals surface area contributed by atoms with Gasteiger partial charge in [-0.25, -0.2) is 28.8 Å². The van der Waals surface area contributed by atoms with Crippen molar-refractivity contribution in [1.29, 1.82) is 0 Å². The van der Waals surface area contributed by atoms with E-state index in [4.69, 9.17) is 56.8 Å². The van der Waals surface area contributed by atoms with E-state index in [0.717, 1.165) is 33.4 Å². The Morgan fingerprint density at radius 1 is 0.225 bits per heavy atom. The van der Waals surface area contributed by atoms with E-state index < -0.39 is 75.5 Å². The lowest BCUT2D eigenvalue weighted by Crippen LogP contribution is -2.19. The van der Waals surface area contributed by atoms with Gasteiger partial charge in [-0.1, -0.05) is 156 Å². The maximum absolute atomic E-state index is 13.7. The van der Waals surface area contributed by atoms with E-state index in [9.17, 15) is 28.8 Å². The van der Waals surface area contributed by atoms with Crippen LogP contribution in [0.4, 0.5) is 0 Å². The molecule has 0 aromatic heterocycles. The first kappa shape index (κ1) is 80.3. The lowest BCUT2D eigenvalue weighted by molar-refractivity contribution is -0.146. The summed E-state index contributed by atoms with van der Waals surface area (Å²) in [6.07, 6.45) is 0.980. The Morgan fingerprint density at radius 2 is 0.333 bits per heavy atom. The standard InChI is InChI=1S/C84H108O18/c1-19-91-73(85)43-97-79-61-25-55(49(7)8)26-62(79)38-64-28-57(51(11)12)30-66(81(64)99-45-75(87)93-21-3)40-68-32-59(53(15)16)34-70(83(68)101-47-77(89)95-23-5)42-72-36-60(54(17)18)35-71(84(72)102-48-78(90)96-24-6)41-69-33-58(52(13)14)31-67(82(69)100-46-76(88)94-22-4)39-65-29-56(50(9)10)27-63(37-61)80(65)98-44-74(86)92-20-2/h25-36,49-54H,19-24,37-48H2,1-18H3. The van der Waals surface area contributed by atoms with Crippen LogP contribution in [0.25, 0.3) is 0 Å². The third-order valence-corrected chi connectivity index (χ3v) is 17.7. The van der Waals surface area contributed by atoms with Gasteiger partial charge in [0.1, 0.15) is 34.5 Å². The van der Waals surface area contributed by atoms with Gasteiger partial charge in [0.2, 0.25) is 0 Å². The molecule has 0 saturated carbocycles. The van der Waals surface area contributed by atoms with E-state index in [1.807, 2.05) is 0 Å². The maximum atomic E-state index is 13.7. The summed E-state index contributed by atoms with van der Waals surface area (Å²) in [5, 5.41) is 0. The normalized spacial score (nSPS) is 12.2. The van der Waals surface area contributed by atoms with Crippen molar-refractivity contribution >= 4 is 35.8 Å². The number of ether oxygens (including phenoxy) is 12. The summed E-state index contributed by atoms with van der Waals surface area (Å²) in [5.74, 6) is -1.22. The zero-order valence-corrected chi connectivity index (χ0v) is 63.5. The minimum absolute atomic E-state index is 0.0349. The third kappa shape index (κ3) is 22.0. The molecule has 0 saturated heterocycles. The van der Waals surface area contributed by atoms with E-state index in [0.29, 0.717) is 101 Å². The summed E-state index contributed by atoms with van der Waals surface area (Å²) >= 11 is 0. The molecule has 7 rings (SSSR count). The fraction of sp³-hybridized carbons (Fsp3) is 0.500. The van der Waals surface area contributed by atoms with Crippen LogP contribution >= 0.6 is 0 Å². The highest BCUT2D eigenvalue weighted by Crippen LogP contribution is 2.45. The number of hydrogen-bond donors (Lipinski definition) is 0. The Hall–Kier alpha value is -9.06. The summed E-state index contributed by atoms with van der Waals surface area (Å²) in [5.41, 5.74) is 14.1. The molecule has 0 fully saturated rings. The van der Waals surface area contributed by atoms with Crippen LogP contribution < -0.4 is 28.4 Å². The molecule has 0 aliphatic heterocycles. The molecule has 1 aliphatic carbocycles. The van der Waals surface area contributed by atoms with Gasteiger partial charge in [0.15, 0.2) is 39.6 Å². The first-order valence-corrected chi connectivity index (χ1v) is 36.3. The molecule has 18 heteroatoms. The largest absolute Gasteiger partial charge is 0.481 e. The van der Waals surface area contributed by atoms with E-state index >= 15 is 0 Å². The van der Waals surface area contributed by atoms with Gasteiger partial charge in [-0.3, -0.25) is 0 Å². The van der Waals surface area contributed by atoms with Crippen LogP contribution in [0.5, 0.6) is 34.5 Å². The molecule has 0 spiro atoms. The molecule has 102 heavy (non-hydrogen) atoms. The van der Waals surface area contributed by atoms with Crippen LogP contribution in [0.2, 0.25) is 0 Å². The number of benzene rings is 6. The second kappa shape index (κ2) is 38.3. The highest BCUT2D eigenvalue weighted by Gasteiger charge is 2.30. The van der Waals surface area contributed by atoms with Crippen molar-refractivity contribution in [2.75, 3.05) is 79.3 Å². The van der Waals surface area contributed by atoms with E-state index in [-0.39, 0.29) is 114 Å². The number of carbonyl (C=O) groups is 6. The highest BCUT2D eigenvalue weighted by atomic mass is 16.6. The molecule has 0 radical (unpaired) electrons. The molecule has 552 valence electrons. The van der Waals surface area contributed by atoms with Gasteiger partial charge in [0.25, 0.3) is 0 Å². The zero-order valence-electron chi connectivity index (χ0n) is 63.5. The van der Waals surface area contributed by atoms with E-state index in [1.54, 1.807) is 41.5 Å². The van der Waals surface area contributed by atoms with Gasteiger partial charge in [-0.15, -0.1) is 0 Å². The average Bonchev–Trinajstić information content (AvgIpc) is 0.778. The first-order valence-electron chi connectivity index (χ1n) is 36.3. The third-order valence-electron chi connectivity index (χ3n) is 17.7. The Kier molecular flexibility index (Phi) is 30.1. The number of rotatable bonds is 30. The summed E-state index contributed by atoms with van der Waals surface area (Å²) in [4.78, 5) is 82.0. The minimum Gasteiger partial charge on any atom is -0.481 e. The molecular weight excluding hydrogens is 1300 g/mol. The molecule has 0 heterocycles. The van der Waals surface area contributed by atoms with Crippen molar-refractivity contribution in [1.82, 2.24) is 0 Å². The number of carbonyl (C=O) groups excluding carboxylic acids is 6. The van der Waals surface area contributed by atoms with Gasteiger partial charge in [0.05, 0.1) is 39.6 Å². The summed E-state index contributed by atoms with van der Waals surface area (Å²) < 4.78 is 74.2. The molecule has 0 amide bonds. The number of fused-ring (bicyclic) bond motifs is 12. The van der Waals surface area contributed by atoms with Gasteiger partial charge in [-0.05, 0) is 177 Å². The van der Waals surface area contributed by atoms with E-state index in [1.165, 1.54) is 0 Å². The van der Waals surface area contributed by atoms with Crippen LogP contribution in [0, 0.1) is 0 Å². The van der Waals surface area contributed by atoms with Crippen molar-refractivity contribution in [3.8, 4) is 34.5 Å². The van der Waals surface area contributed by atoms with Crippen molar-refractivity contribution < 1.29 is 85.6 Å².